The zero-order chi connectivity index (χ0) is 13.1. The molecule has 3 atom stereocenters. The predicted molar refractivity (Wildman–Crippen MR) is 67.6 cm³/mol. The van der Waals surface area contributed by atoms with E-state index in [1.165, 1.54) is 0 Å². The topological polar surface area (TPSA) is 47.6 Å². The average Bonchev–Trinajstić information content (AvgIpc) is 2.34. The van der Waals surface area contributed by atoms with Crippen molar-refractivity contribution in [1.29, 1.82) is 0 Å². The van der Waals surface area contributed by atoms with E-state index in [-0.39, 0.29) is 24.0 Å². The lowest BCUT2D eigenvalue weighted by atomic mass is 9.95. The second kappa shape index (κ2) is 5.50. The molecular weight excluding hydrogens is 230 g/mol. The molecule has 1 aliphatic rings. The minimum Gasteiger partial charge on any atom is -0.333 e. The molecule has 4 heteroatoms. The van der Waals surface area contributed by atoms with E-state index < -0.39 is 6.41 Å². The molecule has 1 saturated heterocycles. The van der Waals surface area contributed by atoms with Crippen molar-refractivity contribution < 1.29 is 14.3 Å². The summed E-state index contributed by atoms with van der Waals surface area (Å²) in [6.45, 7) is 5.68. The van der Waals surface area contributed by atoms with E-state index in [0.29, 0.717) is 0 Å². The third kappa shape index (κ3) is 2.89. The van der Waals surface area contributed by atoms with Gasteiger partial charge in [0.05, 0.1) is 18.1 Å². The summed E-state index contributed by atoms with van der Waals surface area (Å²) in [5, 5.41) is 2.71. The van der Waals surface area contributed by atoms with Crippen molar-refractivity contribution in [3.63, 3.8) is 0 Å². The Balaban J connectivity index is 2.15. The maximum atomic E-state index is 11.9. The van der Waals surface area contributed by atoms with Crippen LogP contribution in [-0.4, -0.2) is 18.4 Å². The molecule has 1 amide bonds. The van der Waals surface area contributed by atoms with Crippen LogP contribution in [0.15, 0.2) is 30.3 Å². The second-order valence-corrected chi connectivity index (χ2v) is 4.78. The number of hydrogen-bond donors (Lipinski definition) is 1. The Morgan fingerprint density at radius 2 is 1.94 bits per heavy atom. The van der Waals surface area contributed by atoms with Crippen molar-refractivity contribution in [2.24, 2.45) is 5.92 Å². The summed E-state index contributed by atoms with van der Waals surface area (Å²) in [6.07, 6.45) is -0.928. The van der Waals surface area contributed by atoms with E-state index in [2.05, 4.69) is 5.32 Å². The minimum atomic E-state index is -0.668. The molecule has 98 valence electrons. The molecule has 0 aromatic heterocycles. The number of ether oxygens (including phenoxy) is 2. The van der Waals surface area contributed by atoms with Gasteiger partial charge in [-0.1, -0.05) is 37.3 Å². The minimum absolute atomic E-state index is 0.000120. The summed E-state index contributed by atoms with van der Waals surface area (Å²) >= 11 is 0. The third-order valence-corrected chi connectivity index (χ3v) is 2.92. The first-order valence-corrected chi connectivity index (χ1v) is 6.24. The van der Waals surface area contributed by atoms with Crippen LogP contribution in [0.3, 0.4) is 0 Å². The highest BCUT2D eigenvalue weighted by atomic mass is 16.7. The SMILES string of the molecule is CC(C)O[C@@H]1NC(=O)[C@H](C)[C@H](c2ccccc2)O1. The van der Waals surface area contributed by atoms with Crippen LogP contribution in [0.25, 0.3) is 0 Å². The molecule has 2 rings (SSSR count). The molecule has 1 fully saturated rings. The molecule has 0 spiro atoms. The monoisotopic (exact) mass is 249 g/mol. The van der Waals surface area contributed by atoms with Crippen LogP contribution in [0.2, 0.25) is 0 Å². The second-order valence-electron chi connectivity index (χ2n) is 4.78. The largest absolute Gasteiger partial charge is 0.333 e. The predicted octanol–water partition coefficient (Wildman–Crippen LogP) is 2.22. The molecular formula is C14H19NO3. The van der Waals surface area contributed by atoms with Gasteiger partial charge in [0.1, 0.15) is 0 Å². The lowest BCUT2D eigenvalue weighted by molar-refractivity contribution is -0.232. The van der Waals surface area contributed by atoms with Gasteiger partial charge in [-0.25, -0.2) is 0 Å². The molecule has 0 radical (unpaired) electrons. The van der Waals surface area contributed by atoms with Gasteiger partial charge in [0.15, 0.2) is 0 Å². The number of amides is 1. The fraction of sp³-hybridized carbons (Fsp3) is 0.500. The van der Waals surface area contributed by atoms with Crippen molar-refractivity contribution in [2.45, 2.75) is 39.4 Å². The van der Waals surface area contributed by atoms with Gasteiger partial charge in [0.25, 0.3) is 0 Å². The fourth-order valence-corrected chi connectivity index (χ4v) is 1.99. The van der Waals surface area contributed by atoms with E-state index in [9.17, 15) is 4.79 Å². The molecule has 1 heterocycles. The van der Waals surface area contributed by atoms with Gasteiger partial charge in [-0.2, -0.15) is 0 Å². The number of carbonyl (C=O) groups is 1. The Morgan fingerprint density at radius 3 is 2.56 bits per heavy atom. The van der Waals surface area contributed by atoms with Gasteiger partial charge in [0, 0.05) is 0 Å². The zero-order valence-corrected chi connectivity index (χ0v) is 10.9. The first kappa shape index (κ1) is 13.1. The standard InChI is InChI=1S/C14H19NO3/c1-9(2)17-14-15-13(16)10(3)12(18-14)11-7-5-4-6-8-11/h4-10,12,14H,1-3H3,(H,15,16)/t10-,12-,14+/m1/s1. The highest BCUT2D eigenvalue weighted by molar-refractivity contribution is 5.79. The first-order chi connectivity index (χ1) is 8.58. The highest BCUT2D eigenvalue weighted by Gasteiger charge is 2.35. The Labute approximate surface area is 107 Å². The highest BCUT2D eigenvalue weighted by Crippen LogP contribution is 2.30. The molecule has 1 aromatic carbocycles. The van der Waals surface area contributed by atoms with E-state index in [1.807, 2.05) is 51.1 Å². The van der Waals surface area contributed by atoms with E-state index >= 15 is 0 Å². The van der Waals surface area contributed by atoms with Crippen LogP contribution in [0.1, 0.15) is 32.4 Å². The summed E-state index contributed by atoms with van der Waals surface area (Å²) in [5.41, 5.74) is 0.997. The molecule has 1 aromatic rings. The normalized spacial score (nSPS) is 28.2. The Kier molecular flexibility index (Phi) is 3.99. The maximum Gasteiger partial charge on any atom is 0.240 e. The Bertz CT molecular complexity index is 405. The molecule has 18 heavy (non-hydrogen) atoms. The van der Waals surface area contributed by atoms with Crippen LogP contribution < -0.4 is 5.32 Å². The number of rotatable bonds is 3. The summed E-state index contributed by atoms with van der Waals surface area (Å²) in [4.78, 5) is 11.9. The number of hydrogen-bond acceptors (Lipinski definition) is 3. The maximum absolute atomic E-state index is 11.9. The molecule has 4 nitrogen and oxygen atoms in total. The fourth-order valence-electron chi connectivity index (χ4n) is 1.99. The zero-order valence-electron chi connectivity index (χ0n) is 10.9. The number of benzene rings is 1. The van der Waals surface area contributed by atoms with Gasteiger partial charge in [-0.15, -0.1) is 0 Å². The molecule has 0 aliphatic carbocycles. The summed E-state index contributed by atoms with van der Waals surface area (Å²) in [7, 11) is 0. The molecule has 0 bridgehead atoms. The number of carbonyl (C=O) groups excluding carboxylic acids is 1. The van der Waals surface area contributed by atoms with E-state index in [0.717, 1.165) is 5.56 Å². The lowest BCUT2D eigenvalue weighted by Gasteiger charge is -2.35. The van der Waals surface area contributed by atoms with Gasteiger partial charge < -0.3 is 14.8 Å². The van der Waals surface area contributed by atoms with Crippen LogP contribution >= 0.6 is 0 Å². The molecule has 0 saturated carbocycles. The smallest absolute Gasteiger partial charge is 0.240 e. The molecule has 1 aliphatic heterocycles. The van der Waals surface area contributed by atoms with Crippen molar-refractivity contribution in [1.82, 2.24) is 5.32 Å². The van der Waals surface area contributed by atoms with Crippen LogP contribution in [0, 0.1) is 5.92 Å². The van der Waals surface area contributed by atoms with Crippen LogP contribution in [0.5, 0.6) is 0 Å². The lowest BCUT2D eigenvalue weighted by Crippen LogP contribution is -2.50. The summed E-state index contributed by atoms with van der Waals surface area (Å²) < 4.78 is 11.3. The van der Waals surface area contributed by atoms with Gasteiger partial charge in [-0.05, 0) is 19.4 Å². The van der Waals surface area contributed by atoms with E-state index in [4.69, 9.17) is 9.47 Å². The Morgan fingerprint density at radius 1 is 1.28 bits per heavy atom. The summed E-state index contributed by atoms with van der Waals surface area (Å²) in [5.74, 6) is -0.264. The van der Waals surface area contributed by atoms with Crippen molar-refractivity contribution in [3.05, 3.63) is 35.9 Å². The molecule has 0 unspecified atom stereocenters. The van der Waals surface area contributed by atoms with Gasteiger partial charge in [0.2, 0.25) is 12.3 Å². The number of nitrogens with one attached hydrogen (secondary N) is 1. The van der Waals surface area contributed by atoms with Crippen molar-refractivity contribution >= 4 is 5.91 Å². The average molecular weight is 249 g/mol. The van der Waals surface area contributed by atoms with Crippen molar-refractivity contribution in [3.8, 4) is 0 Å². The Hall–Kier alpha value is -1.39. The quantitative estimate of drug-likeness (QED) is 0.893. The summed E-state index contributed by atoms with van der Waals surface area (Å²) in [6, 6.07) is 9.75. The van der Waals surface area contributed by atoms with Crippen LogP contribution in [0.4, 0.5) is 0 Å². The first-order valence-electron chi connectivity index (χ1n) is 6.24. The van der Waals surface area contributed by atoms with Gasteiger partial charge >= 0.3 is 0 Å². The van der Waals surface area contributed by atoms with Crippen LogP contribution in [-0.2, 0) is 14.3 Å². The third-order valence-electron chi connectivity index (χ3n) is 2.92. The van der Waals surface area contributed by atoms with Gasteiger partial charge in [-0.3, -0.25) is 4.79 Å². The molecule has 1 N–H and O–H groups in total. The van der Waals surface area contributed by atoms with Crippen molar-refractivity contribution in [2.75, 3.05) is 0 Å². The van der Waals surface area contributed by atoms with E-state index in [1.54, 1.807) is 0 Å².